The van der Waals surface area contributed by atoms with Crippen molar-refractivity contribution in [2.45, 2.75) is 12.8 Å². The zero-order chi connectivity index (χ0) is 17.3. The molecular formula is C17H10F4N2O. The molecule has 2 aromatic carbocycles. The minimum Gasteiger partial charge on any atom is -0.405 e. The standard InChI is InChI=1S/C17H10F4N2O/c18-13-7-11(8-14-16(13)10(5-6-22)9-23-14)12-3-1-2-4-15(12)24-17(19,20)21/h1-4,7-9,23H,5H2. The van der Waals surface area contributed by atoms with Crippen molar-refractivity contribution < 1.29 is 22.3 Å². The van der Waals surface area contributed by atoms with Gasteiger partial charge in [0.1, 0.15) is 11.6 Å². The molecule has 1 heterocycles. The average molecular weight is 334 g/mol. The number of nitriles is 1. The zero-order valence-corrected chi connectivity index (χ0v) is 12.1. The van der Waals surface area contributed by atoms with Crippen molar-refractivity contribution in [3.05, 3.63) is 54.0 Å². The lowest BCUT2D eigenvalue weighted by Crippen LogP contribution is -2.17. The maximum atomic E-state index is 14.4. The van der Waals surface area contributed by atoms with E-state index in [1.54, 1.807) is 0 Å². The van der Waals surface area contributed by atoms with Gasteiger partial charge in [-0.05, 0) is 29.3 Å². The van der Waals surface area contributed by atoms with Crippen LogP contribution in [0.4, 0.5) is 17.6 Å². The molecule has 0 spiro atoms. The lowest BCUT2D eigenvalue weighted by molar-refractivity contribution is -0.274. The minimum absolute atomic E-state index is 0.0318. The third kappa shape index (κ3) is 3.04. The number of aromatic amines is 1. The molecule has 0 bridgehead atoms. The Kier molecular flexibility index (Phi) is 3.89. The molecule has 3 aromatic rings. The fourth-order valence-electron chi connectivity index (χ4n) is 2.58. The number of fused-ring (bicyclic) bond motifs is 1. The maximum Gasteiger partial charge on any atom is 0.573 e. The van der Waals surface area contributed by atoms with Crippen molar-refractivity contribution in [3.63, 3.8) is 0 Å². The summed E-state index contributed by atoms with van der Waals surface area (Å²) in [6, 6.07) is 10.1. The minimum atomic E-state index is -4.84. The summed E-state index contributed by atoms with van der Waals surface area (Å²) < 4.78 is 56.0. The van der Waals surface area contributed by atoms with Crippen LogP contribution in [0.5, 0.6) is 5.75 Å². The number of halogens is 4. The summed E-state index contributed by atoms with van der Waals surface area (Å²) in [5.41, 5.74) is 1.26. The molecule has 0 unspecified atom stereocenters. The number of rotatable bonds is 3. The summed E-state index contributed by atoms with van der Waals surface area (Å²) in [5, 5.41) is 9.01. The number of aromatic nitrogens is 1. The van der Waals surface area contributed by atoms with Gasteiger partial charge >= 0.3 is 6.36 Å². The van der Waals surface area contributed by atoms with Crippen LogP contribution < -0.4 is 4.74 Å². The van der Waals surface area contributed by atoms with Crippen molar-refractivity contribution in [1.82, 2.24) is 4.98 Å². The molecule has 0 fully saturated rings. The molecule has 122 valence electrons. The van der Waals surface area contributed by atoms with E-state index in [4.69, 9.17) is 5.26 Å². The van der Waals surface area contributed by atoms with Crippen LogP contribution >= 0.6 is 0 Å². The molecule has 0 aliphatic rings. The summed E-state index contributed by atoms with van der Waals surface area (Å²) in [4.78, 5) is 2.84. The van der Waals surface area contributed by atoms with E-state index in [1.807, 2.05) is 6.07 Å². The Morgan fingerprint density at radius 2 is 1.92 bits per heavy atom. The van der Waals surface area contributed by atoms with Gasteiger partial charge in [-0.2, -0.15) is 5.26 Å². The smallest absolute Gasteiger partial charge is 0.405 e. The molecule has 0 radical (unpaired) electrons. The summed E-state index contributed by atoms with van der Waals surface area (Å²) in [5.74, 6) is -1.02. The highest BCUT2D eigenvalue weighted by molar-refractivity contribution is 5.89. The summed E-state index contributed by atoms with van der Waals surface area (Å²) in [7, 11) is 0. The molecule has 0 aliphatic heterocycles. The van der Waals surface area contributed by atoms with E-state index < -0.39 is 17.9 Å². The van der Waals surface area contributed by atoms with Gasteiger partial charge in [-0.25, -0.2) is 4.39 Å². The number of nitrogens with zero attached hydrogens (tertiary/aromatic N) is 1. The summed E-state index contributed by atoms with van der Waals surface area (Å²) in [6.07, 6.45) is -3.30. The van der Waals surface area contributed by atoms with Crippen LogP contribution in [0, 0.1) is 17.1 Å². The lowest BCUT2D eigenvalue weighted by Gasteiger charge is -2.13. The molecule has 7 heteroatoms. The van der Waals surface area contributed by atoms with Gasteiger partial charge in [-0.3, -0.25) is 0 Å². The molecule has 3 rings (SSSR count). The number of hydrogen-bond acceptors (Lipinski definition) is 2. The van der Waals surface area contributed by atoms with Crippen molar-refractivity contribution >= 4 is 10.9 Å². The number of alkyl halides is 3. The third-order valence-electron chi connectivity index (χ3n) is 3.51. The van der Waals surface area contributed by atoms with E-state index >= 15 is 0 Å². The molecule has 3 nitrogen and oxygen atoms in total. The topological polar surface area (TPSA) is 48.8 Å². The first-order valence-corrected chi connectivity index (χ1v) is 6.90. The highest BCUT2D eigenvalue weighted by atomic mass is 19.4. The Labute approximate surface area is 134 Å². The fraction of sp³-hybridized carbons (Fsp3) is 0.118. The highest BCUT2D eigenvalue weighted by Gasteiger charge is 2.32. The molecule has 1 aromatic heterocycles. The van der Waals surface area contributed by atoms with Crippen molar-refractivity contribution in [3.8, 4) is 22.9 Å². The van der Waals surface area contributed by atoms with Gasteiger partial charge in [0.05, 0.1) is 12.5 Å². The van der Waals surface area contributed by atoms with Crippen LogP contribution in [0.2, 0.25) is 0 Å². The van der Waals surface area contributed by atoms with Crippen molar-refractivity contribution in [2.75, 3.05) is 0 Å². The van der Waals surface area contributed by atoms with E-state index in [2.05, 4.69) is 9.72 Å². The first kappa shape index (κ1) is 15.9. The molecule has 24 heavy (non-hydrogen) atoms. The van der Waals surface area contributed by atoms with Crippen LogP contribution in [0.1, 0.15) is 5.56 Å². The highest BCUT2D eigenvalue weighted by Crippen LogP contribution is 2.36. The van der Waals surface area contributed by atoms with Gasteiger partial charge in [0.15, 0.2) is 0 Å². The number of para-hydroxylation sites is 1. The molecule has 1 N–H and O–H groups in total. The number of hydrogen-bond donors (Lipinski definition) is 1. The Bertz CT molecular complexity index is 938. The quantitative estimate of drug-likeness (QED) is 0.690. The van der Waals surface area contributed by atoms with Crippen LogP contribution in [-0.2, 0) is 6.42 Å². The molecule has 0 aliphatic carbocycles. The SMILES string of the molecule is N#CCc1c[nH]c2cc(-c3ccccc3OC(F)(F)F)cc(F)c12. The predicted molar refractivity (Wildman–Crippen MR) is 79.7 cm³/mol. The van der Waals surface area contributed by atoms with Crippen molar-refractivity contribution in [2.24, 2.45) is 0 Å². The monoisotopic (exact) mass is 334 g/mol. The van der Waals surface area contributed by atoms with Crippen LogP contribution in [0.15, 0.2) is 42.6 Å². The van der Waals surface area contributed by atoms with Gasteiger partial charge < -0.3 is 9.72 Å². The van der Waals surface area contributed by atoms with Crippen LogP contribution in [-0.4, -0.2) is 11.3 Å². The van der Waals surface area contributed by atoms with Gasteiger partial charge in [0.2, 0.25) is 0 Å². The summed E-state index contributed by atoms with van der Waals surface area (Å²) in [6.45, 7) is 0. The predicted octanol–water partition coefficient (Wildman–Crippen LogP) is 4.94. The Hall–Kier alpha value is -3.01. The number of ether oxygens (including phenoxy) is 1. The normalized spacial score (nSPS) is 11.5. The first-order valence-electron chi connectivity index (χ1n) is 6.90. The number of benzene rings is 2. The number of nitrogens with one attached hydrogen (secondary N) is 1. The Morgan fingerprint density at radius 1 is 1.17 bits per heavy atom. The van der Waals surface area contributed by atoms with E-state index in [1.165, 1.54) is 36.5 Å². The summed E-state index contributed by atoms with van der Waals surface area (Å²) >= 11 is 0. The Morgan fingerprint density at radius 3 is 2.62 bits per heavy atom. The van der Waals surface area contributed by atoms with E-state index in [-0.39, 0.29) is 22.9 Å². The maximum absolute atomic E-state index is 14.4. The molecule has 0 saturated heterocycles. The third-order valence-corrected chi connectivity index (χ3v) is 3.51. The van der Waals surface area contributed by atoms with Gasteiger partial charge in [-0.15, -0.1) is 13.2 Å². The average Bonchev–Trinajstić information content (AvgIpc) is 2.90. The molecular weight excluding hydrogens is 324 g/mol. The Balaban J connectivity index is 2.13. The van der Waals surface area contributed by atoms with Crippen LogP contribution in [0.3, 0.4) is 0 Å². The van der Waals surface area contributed by atoms with E-state index in [0.29, 0.717) is 11.1 Å². The molecule has 0 atom stereocenters. The van der Waals surface area contributed by atoms with Crippen molar-refractivity contribution in [1.29, 1.82) is 5.26 Å². The molecule has 0 saturated carbocycles. The van der Waals surface area contributed by atoms with Gasteiger partial charge in [0.25, 0.3) is 0 Å². The van der Waals surface area contributed by atoms with E-state index in [0.717, 1.165) is 6.07 Å². The van der Waals surface area contributed by atoms with Crippen LogP contribution in [0.25, 0.3) is 22.0 Å². The molecule has 0 amide bonds. The van der Waals surface area contributed by atoms with E-state index in [9.17, 15) is 17.6 Å². The fourth-order valence-corrected chi connectivity index (χ4v) is 2.58. The van der Waals surface area contributed by atoms with Gasteiger partial charge in [0, 0.05) is 22.7 Å². The second-order valence-corrected chi connectivity index (χ2v) is 5.07. The number of H-pyrrole nitrogens is 1. The largest absolute Gasteiger partial charge is 0.573 e. The zero-order valence-electron chi connectivity index (χ0n) is 12.1. The van der Waals surface area contributed by atoms with Gasteiger partial charge in [-0.1, -0.05) is 18.2 Å². The second-order valence-electron chi connectivity index (χ2n) is 5.07. The second kappa shape index (κ2) is 5.89. The first-order chi connectivity index (χ1) is 11.4. The lowest BCUT2D eigenvalue weighted by atomic mass is 10.0.